The molecule has 1 aliphatic rings. The maximum absolute atomic E-state index is 12.3. The highest BCUT2D eigenvalue weighted by atomic mass is 16.4. The Morgan fingerprint density at radius 3 is 2.45 bits per heavy atom. The molecule has 0 saturated heterocycles. The summed E-state index contributed by atoms with van der Waals surface area (Å²) >= 11 is 0. The number of carboxylic acid groups (broad SMARTS) is 1. The molecule has 1 aliphatic carbocycles. The number of hydrogen-bond donors (Lipinski definition) is 3. The molecule has 0 radical (unpaired) electrons. The fraction of sp³-hybridized carbons (Fsp3) is 0.467. The number of aliphatic hydroxyl groups is 1. The van der Waals surface area contributed by atoms with Gasteiger partial charge in [0.15, 0.2) is 5.60 Å². The standard InChI is InChI=1S/C15H19NO4/c1-15(20,14(18)19)9-16-13(17)12(11-7-8-11)10-5-3-2-4-6-10/h2-6,11-12,20H,7-9H2,1H3,(H,16,17)(H,18,19). The molecular formula is C15H19NO4. The fourth-order valence-electron chi connectivity index (χ4n) is 2.17. The van der Waals surface area contributed by atoms with Gasteiger partial charge < -0.3 is 15.5 Å². The molecule has 5 nitrogen and oxygen atoms in total. The van der Waals surface area contributed by atoms with E-state index in [1.807, 2.05) is 30.3 Å². The summed E-state index contributed by atoms with van der Waals surface area (Å²) in [5, 5.41) is 21.0. The van der Waals surface area contributed by atoms with Crippen LogP contribution >= 0.6 is 0 Å². The number of carboxylic acids is 1. The van der Waals surface area contributed by atoms with Crippen LogP contribution in [-0.2, 0) is 9.59 Å². The number of carbonyl (C=O) groups is 2. The molecule has 1 fully saturated rings. The summed E-state index contributed by atoms with van der Waals surface area (Å²) in [5.74, 6) is -1.52. The Morgan fingerprint density at radius 1 is 1.35 bits per heavy atom. The van der Waals surface area contributed by atoms with Crippen molar-refractivity contribution in [2.24, 2.45) is 5.92 Å². The molecule has 2 rings (SSSR count). The van der Waals surface area contributed by atoms with Gasteiger partial charge in [0.05, 0.1) is 12.5 Å². The number of rotatable bonds is 6. The lowest BCUT2D eigenvalue weighted by Crippen LogP contribution is -2.47. The summed E-state index contributed by atoms with van der Waals surface area (Å²) in [6.45, 7) is 0.876. The van der Waals surface area contributed by atoms with E-state index < -0.39 is 11.6 Å². The number of benzene rings is 1. The first-order valence-electron chi connectivity index (χ1n) is 6.70. The van der Waals surface area contributed by atoms with Crippen LogP contribution in [0.4, 0.5) is 0 Å². The monoisotopic (exact) mass is 277 g/mol. The highest BCUT2D eigenvalue weighted by Gasteiger charge is 2.38. The number of hydrogen-bond acceptors (Lipinski definition) is 3. The van der Waals surface area contributed by atoms with Crippen LogP contribution in [-0.4, -0.2) is 34.2 Å². The SMILES string of the molecule is CC(O)(CNC(=O)C(c1ccccc1)C1CC1)C(=O)O. The minimum atomic E-state index is -1.94. The van der Waals surface area contributed by atoms with Crippen molar-refractivity contribution >= 4 is 11.9 Å². The van der Waals surface area contributed by atoms with Crippen LogP contribution in [0, 0.1) is 5.92 Å². The summed E-state index contributed by atoms with van der Waals surface area (Å²) in [4.78, 5) is 23.1. The van der Waals surface area contributed by atoms with Crippen molar-refractivity contribution in [2.75, 3.05) is 6.54 Å². The minimum Gasteiger partial charge on any atom is -0.479 e. The number of amides is 1. The van der Waals surface area contributed by atoms with E-state index in [1.165, 1.54) is 6.92 Å². The molecule has 0 bridgehead atoms. The molecule has 2 unspecified atom stereocenters. The van der Waals surface area contributed by atoms with Crippen molar-refractivity contribution in [1.29, 1.82) is 0 Å². The zero-order chi connectivity index (χ0) is 14.8. The molecule has 2 atom stereocenters. The van der Waals surface area contributed by atoms with E-state index in [-0.39, 0.29) is 18.4 Å². The average molecular weight is 277 g/mol. The molecule has 108 valence electrons. The Balaban J connectivity index is 2.04. The first kappa shape index (κ1) is 14.5. The zero-order valence-electron chi connectivity index (χ0n) is 11.4. The third-order valence-electron chi connectivity index (χ3n) is 3.60. The second-order valence-electron chi connectivity index (χ2n) is 5.52. The van der Waals surface area contributed by atoms with Crippen molar-refractivity contribution in [1.82, 2.24) is 5.32 Å². The predicted octanol–water partition coefficient (Wildman–Crippen LogP) is 1.13. The van der Waals surface area contributed by atoms with Crippen LogP contribution in [0.2, 0.25) is 0 Å². The lowest BCUT2D eigenvalue weighted by molar-refractivity contribution is -0.156. The summed E-state index contributed by atoms with van der Waals surface area (Å²) in [6, 6.07) is 9.45. The lowest BCUT2D eigenvalue weighted by Gasteiger charge is -2.21. The molecule has 0 aliphatic heterocycles. The van der Waals surface area contributed by atoms with E-state index in [2.05, 4.69) is 5.32 Å². The van der Waals surface area contributed by atoms with E-state index in [0.29, 0.717) is 5.92 Å². The van der Waals surface area contributed by atoms with Gasteiger partial charge in [-0.15, -0.1) is 0 Å². The smallest absolute Gasteiger partial charge is 0.337 e. The molecule has 0 aromatic heterocycles. The Hall–Kier alpha value is -1.88. The second-order valence-corrected chi connectivity index (χ2v) is 5.52. The normalized spacial score (nSPS) is 18.9. The van der Waals surface area contributed by atoms with E-state index >= 15 is 0 Å². The summed E-state index contributed by atoms with van der Waals surface area (Å²) in [5.41, 5.74) is -1.01. The number of nitrogens with one attached hydrogen (secondary N) is 1. The molecule has 1 saturated carbocycles. The Kier molecular flexibility index (Phi) is 4.09. The molecule has 5 heteroatoms. The van der Waals surface area contributed by atoms with Gasteiger partial charge in [0.1, 0.15) is 0 Å². The fourth-order valence-corrected chi connectivity index (χ4v) is 2.17. The van der Waals surface area contributed by atoms with Crippen molar-refractivity contribution in [2.45, 2.75) is 31.3 Å². The van der Waals surface area contributed by atoms with E-state index in [1.54, 1.807) is 0 Å². The highest BCUT2D eigenvalue weighted by molar-refractivity contribution is 5.85. The Labute approximate surface area is 117 Å². The van der Waals surface area contributed by atoms with Crippen LogP contribution in [0.25, 0.3) is 0 Å². The Morgan fingerprint density at radius 2 is 1.95 bits per heavy atom. The van der Waals surface area contributed by atoms with Gasteiger partial charge in [-0.25, -0.2) is 4.79 Å². The van der Waals surface area contributed by atoms with Gasteiger partial charge in [-0.1, -0.05) is 30.3 Å². The first-order valence-corrected chi connectivity index (χ1v) is 6.70. The average Bonchev–Trinajstić information content (AvgIpc) is 3.22. The molecule has 1 amide bonds. The van der Waals surface area contributed by atoms with Crippen molar-refractivity contribution in [3.05, 3.63) is 35.9 Å². The van der Waals surface area contributed by atoms with Crippen LogP contribution in [0.15, 0.2) is 30.3 Å². The maximum atomic E-state index is 12.3. The van der Waals surface area contributed by atoms with Gasteiger partial charge in [-0.3, -0.25) is 4.79 Å². The maximum Gasteiger partial charge on any atom is 0.337 e. The van der Waals surface area contributed by atoms with Gasteiger partial charge in [0.25, 0.3) is 0 Å². The molecule has 0 heterocycles. The van der Waals surface area contributed by atoms with E-state index in [0.717, 1.165) is 18.4 Å². The van der Waals surface area contributed by atoms with Gasteiger partial charge in [-0.05, 0) is 31.2 Å². The quantitative estimate of drug-likeness (QED) is 0.727. The van der Waals surface area contributed by atoms with Crippen molar-refractivity contribution in [3.8, 4) is 0 Å². The second kappa shape index (κ2) is 5.63. The lowest BCUT2D eigenvalue weighted by atomic mass is 9.93. The number of carbonyl (C=O) groups excluding carboxylic acids is 1. The van der Waals surface area contributed by atoms with E-state index in [4.69, 9.17) is 5.11 Å². The van der Waals surface area contributed by atoms with Crippen LogP contribution in [0.5, 0.6) is 0 Å². The Bertz CT molecular complexity index is 494. The van der Waals surface area contributed by atoms with E-state index in [9.17, 15) is 14.7 Å². The largest absolute Gasteiger partial charge is 0.479 e. The highest BCUT2D eigenvalue weighted by Crippen LogP contribution is 2.42. The first-order chi connectivity index (χ1) is 9.42. The van der Waals surface area contributed by atoms with Crippen LogP contribution < -0.4 is 5.32 Å². The summed E-state index contributed by atoms with van der Waals surface area (Å²) in [6.07, 6.45) is 2.00. The minimum absolute atomic E-state index is 0.222. The zero-order valence-corrected chi connectivity index (χ0v) is 11.4. The molecule has 1 aromatic rings. The molecular weight excluding hydrogens is 258 g/mol. The van der Waals surface area contributed by atoms with Gasteiger partial charge in [0, 0.05) is 0 Å². The topological polar surface area (TPSA) is 86.6 Å². The van der Waals surface area contributed by atoms with Crippen LogP contribution in [0.3, 0.4) is 0 Å². The third-order valence-corrected chi connectivity index (χ3v) is 3.60. The van der Waals surface area contributed by atoms with Crippen LogP contribution in [0.1, 0.15) is 31.2 Å². The number of aliphatic carboxylic acids is 1. The third kappa shape index (κ3) is 3.36. The van der Waals surface area contributed by atoms with Crippen molar-refractivity contribution in [3.63, 3.8) is 0 Å². The van der Waals surface area contributed by atoms with Crippen molar-refractivity contribution < 1.29 is 19.8 Å². The van der Waals surface area contributed by atoms with Gasteiger partial charge in [0.2, 0.25) is 5.91 Å². The molecule has 0 spiro atoms. The van der Waals surface area contributed by atoms with Gasteiger partial charge >= 0.3 is 5.97 Å². The molecule has 20 heavy (non-hydrogen) atoms. The molecule has 1 aromatic carbocycles. The summed E-state index contributed by atoms with van der Waals surface area (Å²) in [7, 11) is 0. The predicted molar refractivity (Wildman–Crippen MR) is 73.2 cm³/mol. The summed E-state index contributed by atoms with van der Waals surface area (Å²) < 4.78 is 0. The van der Waals surface area contributed by atoms with Gasteiger partial charge in [-0.2, -0.15) is 0 Å². The molecule has 3 N–H and O–H groups in total.